The number of hydrogen-bond donors (Lipinski definition) is 0. The maximum absolute atomic E-state index is 2.55. The highest BCUT2D eigenvalue weighted by atomic mass is 15.2. The third-order valence-corrected chi connectivity index (χ3v) is 9.18. The van der Waals surface area contributed by atoms with Crippen molar-refractivity contribution in [2.75, 3.05) is 4.90 Å². The van der Waals surface area contributed by atoms with E-state index in [4.69, 9.17) is 0 Å². The van der Waals surface area contributed by atoms with Crippen molar-refractivity contribution >= 4 is 38.9 Å². The molecule has 1 atom stereocenters. The summed E-state index contributed by atoms with van der Waals surface area (Å²) < 4.78 is 2.53. The number of aromatic nitrogens is 1. The van der Waals surface area contributed by atoms with E-state index in [1.165, 1.54) is 72.4 Å². The third kappa shape index (κ3) is 2.26. The zero-order valence-electron chi connectivity index (χ0n) is 21.4. The van der Waals surface area contributed by atoms with E-state index in [1.54, 1.807) is 0 Å². The summed E-state index contributed by atoms with van der Waals surface area (Å²) >= 11 is 0. The van der Waals surface area contributed by atoms with Crippen LogP contribution in [0.25, 0.3) is 33.2 Å². The summed E-state index contributed by atoms with van der Waals surface area (Å²) in [6, 6.07) is 42.7. The van der Waals surface area contributed by atoms with Gasteiger partial charge >= 0.3 is 0 Å². The van der Waals surface area contributed by atoms with Crippen LogP contribution in [0.2, 0.25) is 0 Å². The predicted octanol–water partition coefficient (Wildman–Crippen LogP) is 9.08. The molecule has 9 rings (SSSR count). The van der Waals surface area contributed by atoms with Crippen molar-refractivity contribution < 1.29 is 0 Å². The fraction of sp³-hybridized carbons (Fsp3) is 0.111. The van der Waals surface area contributed by atoms with Gasteiger partial charge in [0.1, 0.15) is 0 Å². The molecular weight excluding hydrogens is 460 g/mol. The maximum Gasteiger partial charge on any atom is 0.0603 e. The molecule has 0 bridgehead atoms. The van der Waals surface area contributed by atoms with Crippen LogP contribution in [0.1, 0.15) is 42.0 Å². The van der Waals surface area contributed by atoms with E-state index >= 15 is 0 Å². The summed E-state index contributed by atoms with van der Waals surface area (Å²) in [7, 11) is 0. The second-order valence-corrected chi connectivity index (χ2v) is 11.3. The Morgan fingerprint density at radius 1 is 0.632 bits per heavy atom. The van der Waals surface area contributed by atoms with E-state index in [9.17, 15) is 0 Å². The highest BCUT2D eigenvalue weighted by Gasteiger charge is 2.50. The average molecular weight is 487 g/mol. The molecule has 0 fully saturated rings. The van der Waals surface area contributed by atoms with Crippen molar-refractivity contribution in [3.63, 3.8) is 0 Å². The van der Waals surface area contributed by atoms with E-state index in [0.717, 1.165) is 0 Å². The molecule has 2 nitrogen and oxygen atoms in total. The molecule has 2 heteroatoms. The molecule has 38 heavy (non-hydrogen) atoms. The Kier molecular flexibility index (Phi) is 3.69. The Morgan fingerprint density at radius 2 is 1.37 bits per heavy atom. The molecule has 2 aliphatic heterocycles. The van der Waals surface area contributed by atoms with Crippen molar-refractivity contribution in [1.82, 2.24) is 4.57 Å². The molecule has 1 aromatic heterocycles. The van der Waals surface area contributed by atoms with Gasteiger partial charge in [-0.2, -0.15) is 0 Å². The second kappa shape index (κ2) is 6.85. The number of anilines is 2. The quantitative estimate of drug-likeness (QED) is 0.225. The summed E-state index contributed by atoms with van der Waals surface area (Å²) in [6.07, 6.45) is 0. The van der Waals surface area contributed by atoms with Crippen LogP contribution in [0.3, 0.4) is 0 Å². The highest BCUT2D eigenvalue weighted by Crippen LogP contribution is 2.63. The molecule has 0 radical (unpaired) electrons. The first-order chi connectivity index (χ1) is 18.7. The van der Waals surface area contributed by atoms with Gasteiger partial charge in [-0.1, -0.05) is 98.8 Å². The summed E-state index contributed by atoms with van der Waals surface area (Å²) in [5.41, 5.74) is 14.8. The molecule has 6 aromatic rings. The van der Waals surface area contributed by atoms with E-state index < -0.39 is 0 Å². The van der Waals surface area contributed by atoms with E-state index in [2.05, 4.69) is 139 Å². The Morgan fingerprint density at radius 3 is 2.26 bits per heavy atom. The second-order valence-electron chi connectivity index (χ2n) is 11.3. The van der Waals surface area contributed by atoms with Crippen LogP contribution in [0.15, 0.2) is 121 Å². The number of nitrogens with zero attached hydrogens (tertiary/aromatic N) is 2. The lowest BCUT2D eigenvalue weighted by Crippen LogP contribution is -2.32. The molecule has 180 valence electrons. The lowest BCUT2D eigenvalue weighted by atomic mass is 9.68. The maximum atomic E-state index is 2.55. The van der Waals surface area contributed by atoms with Gasteiger partial charge in [-0.3, -0.25) is 0 Å². The molecule has 0 saturated carbocycles. The van der Waals surface area contributed by atoms with Crippen LogP contribution < -0.4 is 4.90 Å². The fourth-order valence-electron chi connectivity index (χ4n) is 7.72. The number of para-hydroxylation sites is 3. The molecule has 0 saturated heterocycles. The number of allylic oxidation sites excluding steroid dienone is 1. The highest BCUT2D eigenvalue weighted by molar-refractivity contribution is 6.15. The Hall–Kier alpha value is -4.56. The van der Waals surface area contributed by atoms with Crippen LogP contribution in [0, 0.1) is 0 Å². The van der Waals surface area contributed by atoms with Crippen LogP contribution in [-0.2, 0) is 5.41 Å². The van der Waals surface area contributed by atoms with Gasteiger partial charge < -0.3 is 9.47 Å². The standard InChI is InChI=1S/C36H26N2/c1-36(2)27-17-9-6-15-25(27)35-33(36)31-26-16-8-11-19-29(26)38-28-18-10-7-14-23(28)24-20-21-30(32(31)34(24)38)37(35)22-12-4-3-5-13-22/h3-21,31H,1-2H3. The predicted molar refractivity (Wildman–Crippen MR) is 158 cm³/mol. The smallest absolute Gasteiger partial charge is 0.0603 e. The van der Waals surface area contributed by atoms with Crippen LogP contribution >= 0.6 is 0 Å². The van der Waals surface area contributed by atoms with Gasteiger partial charge in [0.2, 0.25) is 0 Å². The van der Waals surface area contributed by atoms with Crippen LogP contribution in [0.5, 0.6) is 0 Å². The van der Waals surface area contributed by atoms with Crippen molar-refractivity contribution in [2.45, 2.75) is 25.2 Å². The van der Waals surface area contributed by atoms with Crippen molar-refractivity contribution in [1.29, 1.82) is 0 Å². The zero-order chi connectivity index (χ0) is 25.2. The monoisotopic (exact) mass is 486 g/mol. The van der Waals surface area contributed by atoms with Gasteiger partial charge in [-0.15, -0.1) is 0 Å². The van der Waals surface area contributed by atoms with Gasteiger partial charge in [0, 0.05) is 38.9 Å². The van der Waals surface area contributed by atoms with Gasteiger partial charge in [0.05, 0.1) is 28.1 Å². The minimum atomic E-state index is -0.106. The van der Waals surface area contributed by atoms with Crippen LogP contribution in [-0.4, -0.2) is 4.57 Å². The first kappa shape index (κ1) is 20.5. The minimum Gasteiger partial charge on any atom is -0.309 e. The lowest BCUT2D eigenvalue weighted by Gasteiger charge is -2.43. The molecule has 0 N–H and O–H groups in total. The summed E-state index contributed by atoms with van der Waals surface area (Å²) in [4.78, 5) is 2.55. The summed E-state index contributed by atoms with van der Waals surface area (Å²) in [6.45, 7) is 4.85. The Balaban J connectivity index is 1.52. The van der Waals surface area contributed by atoms with Gasteiger partial charge in [-0.25, -0.2) is 0 Å². The number of hydrogen-bond acceptors (Lipinski definition) is 1. The number of benzene rings is 5. The van der Waals surface area contributed by atoms with Crippen LogP contribution in [0.4, 0.5) is 11.4 Å². The van der Waals surface area contributed by atoms with E-state index in [-0.39, 0.29) is 11.3 Å². The fourth-order valence-corrected chi connectivity index (χ4v) is 7.72. The van der Waals surface area contributed by atoms with Crippen molar-refractivity contribution in [3.05, 3.63) is 143 Å². The topological polar surface area (TPSA) is 8.17 Å². The lowest BCUT2D eigenvalue weighted by molar-refractivity contribution is 0.595. The summed E-state index contributed by atoms with van der Waals surface area (Å²) in [5, 5.41) is 2.66. The normalized spacial score (nSPS) is 18.1. The first-order valence-electron chi connectivity index (χ1n) is 13.5. The van der Waals surface area contributed by atoms with Crippen molar-refractivity contribution in [3.8, 4) is 5.69 Å². The third-order valence-electron chi connectivity index (χ3n) is 9.18. The van der Waals surface area contributed by atoms with Gasteiger partial charge in [0.15, 0.2) is 0 Å². The number of rotatable bonds is 1. The number of fused-ring (bicyclic) bond motifs is 9. The Labute approximate surface area is 222 Å². The molecule has 1 aliphatic carbocycles. The Bertz CT molecular complexity index is 2000. The van der Waals surface area contributed by atoms with Gasteiger partial charge in [0.25, 0.3) is 0 Å². The minimum absolute atomic E-state index is 0.106. The molecule has 3 heterocycles. The molecule has 1 unspecified atom stereocenters. The molecule has 3 aliphatic rings. The first-order valence-corrected chi connectivity index (χ1v) is 13.5. The summed E-state index contributed by atoms with van der Waals surface area (Å²) in [5.74, 6) is 0.194. The zero-order valence-corrected chi connectivity index (χ0v) is 21.4. The van der Waals surface area contributed by atoms with E-state index in [1.807, 2.05) is 0 Å². The SMILES string of the molecule is CC1(C)C2=C(c3ccccc31)N(c1ccccc1)c1ccc3c4ccccc4n4c3c1C2c1ccccc1-4. The van der Waals surface area contributed by atoms with E-state index in [0.29, 0.717) is 0 Å². The van der Waals surface area contributed by atoms with Crippen molar-refractivity contribution in [2.24, 2.45) is 0 Å². The largest absolute Gasteiger partial charge is 0.309 e. The molecule has 0 amide bonds. The average Bonchev–Trinajstić information content (AvgIpc) is 3.42. The molecule has 5 aromatic carbocycles. The molecular formula is C36H26N2. The molecule has 0 spiro atoms. The van der Waals surface area contributed by atoms with Gasteiger partial charge in [-0.05, 0) is 47.0 Å².